The monoisotopic (exact) mass is 542 g/mol. The van der Waals surface area contributed by atoms with E-state index < -0.39 is 0 Å². The van der Waals surface area contributed by atoms with Gasteiger partial charge in [0.1, 0.15) is 25.1 Å². The summed E-state index contributed by atoms with van der Waals surface area (Å²) in [6.45, 7) is 1.57. The van der Waals surface area contributed by atoms with Crippen molar-refractivity contribution in [2.24, 2.45) is 0 Å². The van der Waals surface area contributed by atoms with E-state index in [0.29, 0.717) is 31.3 Å². The smallest absolute Gasteiger partial charge is 0.162 e. The summed E-state index contributed by atoms with van der Waals surface area (Å²) in [5, 5.41) is 0. The first-order chi connectivity index (χ1) is 17.7. The summed E-state index contributed by atoms with van der Waals surface area (Å²) in [5.74, 6) is 2.22. The Bertz CT molecular complexity index is 1340. The number of halogens is 1. The molecule has 5 heteroatoms. The molecule has 1 aliphatic heterocycles. The van der Waals surface area contributed by atoms with Gasteiger partial charge in [-0.2, -0.15) is 0 Å². The van der Waals surface area contributed by atoms with Crippen LogP contribution in [0, 0.1) is 0 Å². The Morgan fingerprint density at radius 1 is 0.833 bits per heavy atom. The predicted octanol–water partition coefficient (Wildman–Crippen LogP) is 7.90. The Balaban J connectivity index is 1.28. The van der Waals surface area contributed by atoms with Gasteiger partial charge in [-0.1, -0.05) is 94.8 Å². The van der Waals surface area contributed by atoms with Gasteiger partial charge in [0.15, 0.2) is 11.5 Å². The van der Waals surface area contributed by atoms with E-state index in [4.69, 9.17) is 18.9 Å². The number of rotatable bonds is 9. The quantitative estimate of drug-likeness (QED) is 0.215. The Morgan fingerprint density at radius 2 is 1.53 bits per heavy atom. The fraction of sp³-hybridized carbons (Fsp3) is 0.161. The van der Waals surface area contributed by atoms with E-state index in [1.807, 2.05) is 66.7 Å². The van der Waals surface area contributed by atoms with Crippen molar-refractivity contribution in [2.75, 3.05) is 7.11 Å². The van der Waals surface area contributed by atoms with E-state index >= 15 is 0 Å². The molecule has 1 atom stereocenters. The number of fused-ring (bicyclic) bond motifs is 1. The Kier molecular flexibility index (Phi) is 7.70. The van der Waals surface area contributed by atoms with Gasteiger partial charge in [-0.3, -0.25) is 0 Å². The van der Waals surface area contributed by atoms with Crippen molar-refractivity contribution in [2.45, 2.75) is 25.9 Å². The maximum atomic E-state index is 6.08. The minimum Gasteiger partial charge on any atom is -0.493 e. The van der Waals surface area contributed by atoms with Gasteiger partial charge < -0.3 is 18.9 Å². The molecule has 0 radical (unpaired) electrons. The molecule has 1 aliphatic rings. The van der Waals surface area contributed by atoms with Crippen molar-refractivity contribution in [3.05, 3.63) is 129 Å². The minimum absolute atomic E-state index is 0.120. The lowest BCUT2D eigenvalue weighted by atomic mass is 10.0. The van der Waals surface area contributed by atoms with Crippen LogP contribution in [-0.4, -0.2) is 7.11 Å². The SMILES string of the molecule is COc1cc(Br)c(/C=C/C2OCc3cc(OCc4ccccc4)ccc32)cc1OCc1ccccc1. The summed E-state index contributed by atoms with van der Waals surface area (Å²) in [4.78, 5) is 0. The van der Waals surface area contributed by atoms with Crippen LogP contribution >= 0.6 is 15.9 Å². The lowest BCUT2D eigenvalue weighted by molar-refractivity contribution is 0.0996. The number of hydrogen-bond acceptors (Lipinski definition) is 4. The number of hydrogen-bond donors (Lipinski definition) is 0. The van der Waals surface area contributed by atoms with E-state index in [9.17, 15) is 0 Å². The summed E-state index contributed by atoms with van der Waals surface area (Å²) in [6, 6.07) is 30.3. The highest BCUT2D eigenvalue weighted by molar-refractivity contribution is 9.10. The topological polar surface area (TPSA) is 36.9 Å². The van der Waals surface area contributed by atoms with Crippen LogP contribution in [0.1, 0.15) is 33.9 Å². The predicted molar refractivity (Wildman–Crippen MR) is 145 cm³/mol. The van der Waals surface area contributed by atoms with Gasteiger partial charge in [-0.05, 0) is 52.1 Å². The minimum atomic E-state index is -0.120. The van der Waals surface area contributed by atoms with Crippen molar-refractivity contribution in [3.63, 3.8) is 0 Å². The third kappa shape index (κ3) is 5.81. The molecule has 0 N–H and O–H groups in total. The van der Waals surface area contributed by atoms with E-state index in [-0.39, 0.29) is 6.10 Å². The normalized spacial score (nSPS) is 14.6. The lowest BCUT2D eigenvalue weighted by Crippen LogP contribution is -1.98. The second-order valence-electron chi connectivity index (χ2n) is 8.52. The first-order valence-corrected chi connectivity index (χ1v) is 12.6. The molecule has 0 bridgehead atoms. The van der Waals surface area contributed by atoms with Gasteiger partial charge in [-0.15, -0.1) is 0 Å². The lowest BCUT2D eigenvalue weighted by Gasteiger charge is -2.13. The van der Waals surface area contributed by atoms with Gasteiger partial charge in [-0.25, -0.2) is 0 Å². The van der Waals surface area contributed by atoms with Crippen LogP contribution in [0.5, 0.6) is 17.2 Å². The molecule has 5 rings (SSSR count). The molecule has 36 heavy (non-hydrogen) atoms. The van der Waals surface area contributed by atoms with Crippen LogP contribution in [0.4, 0.5) is 0 Å². The first-order valence-electron chi connectivity index (χ1n) is 11.8. The zero-order chi connectivity index (χ0) is 24.7. The fourth-order valence-corrected chi connectivity index (χ4v) is 4.58. The van der Waals surface area contributed by atoms with Crippen LogP contribution in [0.3, 0.4) is 0 Å². The van der Waals surface area contributed by atoms with Crippen molar-refractivity contribution in [3.8, 4) is 17.2 Å². The van der Waals surface area contributed by atoms with E-state index in [2.05, 4.69) is 52.3 Å². The summed E-state index contributed by atoms with van der Waals surface area (Å²) in [6.07, 6.45) is 4.01. The maximum absolute atomic E-state index is 6.08. The highest BCUT2D eigenvalue weighted by Gasteiger charge is 2.21. The van der Waals surface area contributed by atoms with Gasteiger partial charge in [0.05, 0.1) is 13.7 Å². The summed E-state index contributed by atoms with van der Waals surface area (Å²) in [5.41, 5.74) is 5.54. The van der Waals surface area contributed by atoms with Gasteiger partial charge in [0.25, 0.3) is 0 Å². The standard InChI is InChI=1S/C31H27BrO4/c1-33-30-18-28(32)24(17-31(30)35-20-23-10-6-3-7-11-23)12-15-29-27-14-13-26(16-25(27)21-36-29)34-19-22-8-4-2-5-9-22/h2-18,29H,19-21H2,1H3/b15-12+. The van der Waals surface area contributed by atoms with E-state index in [0.717, 1.165) is 38.0 Å². The first kappa shape index (κ1) is 24.2. The molecule has 182 valence electrons. The Hall–Kier alpha value is -3.54. The molecule has 0 amide bonds. The van der Waals surface area contributed by atoms with E-state index in [1.165, 1.54) is 0 Å². The average Bonchev–Trinajstić information content (AvgIpc) is 3.33. The summed E-state index contributed by atoms with van der Waals surface area (Å²) < 4.78 is 24.6. The molecule has 0 fully saturated rings. The van der Waals surface area contributed by atoms with Crippen molar-refractivity contribution < 1.29 is 18.9 Å². The second-order valence-corrected chi connectivity index (χ2v) is 9.38. The molecule has 4 nitrogen and oxygen atoms in total. The second kappa shape index (κ2) is 11.5. The van der Waals surface area contributed by atoms with Crippen LogP contribution in [0.25, 0.3) is 6.08 Å². The third-order valence-corrected chi connectivity index (χ3v) is 6.75. The maximum Gasteiger partial charge on any atom is 0.162 e. The average molecular weight is 543 g/mol. The molecule has 0 saturated heterocycles. The summed E-state index contributed by atoms with van der Waals surface area (Å²) in [7, 11) is 1.65. The molecular weight excluding hydrogens is 516 g/mol. The number of methoxy groups -OCH3 is 1. The van der Waals surface area contributed by atoms with Crippen molar-refractivity contribution in [1.82, 2.24) is 0 Å². The number of ether oxygens (including phenoxy) is 4. The largest absolute Gasteiger partial charge is 0.493 e. The van der Waals surface area contributed by atoms with Gasteiger partial charge in [0.2, 0.25) is 0 Å². The van der Waals surface area contributed by atoms with Crippen molar-refractivity contribution in [1.29, 1.82) is 0 Å². The van der Waals surface area contributed by atoms with Gasteiger partial charge >= 0.3 is 0 Å². The van der Waals surface area contributed by atoms with Crippen LogP contribution in [-0.2, 0) is 24.6 Å². The molecule has 1 heterocycles. The molecule has 1 unspecified atom stereocenters. The van der Waals surface area contributed by atoms with E-state index in [1.54, 1.807) is 7.11 Å². The Labute approximate surface area is 220 Å². The van der Waals surface area contributed by atoms with Gasteiger partial charge in [0, 0.05) is 4.47 Å². The summed E-state index contributed by atoms with van der Waals surface area (Å²) >= 11 is 3.66. The zero-order valence-electron chi connectivity index (χ0n) is 20.0. The molecular formula is C31H27BrO4. The highest BCUT2D eigenvalue weighted by Crippen LogP contribution is 2.37. The molecule has 0 aromatic heterocycles. The molecule has 0 saturated carbocycles. The molecule has 0 spiro atoms. The molecule has 4 aromatic carbocycles. The van der Waals surface area contributed by atoms with Crippen LogP contribution in [0.2, 0.25) is 0 Å². The van der Waals surface area contributed by atoms with Crippen LogP contribution in [0.15, 0.2) is 102 Å². The highest BCUT2D eigenvalue weighted by atomic mass is 79.9. The zero-order valence-corrected chi connectivity index (χ0v) is 21.6. The molecule has 4 aromatic rings. The van der Waals surface area contributed by atoms with Crippen LogP contribution < -0.4 is 14.2 Å². The molecule has 0 aliphatic carbocycles. The van der Waals surface area contributed by atoms with Crippen molar-refractivity contribution >= 4 is 22.0 Å². The third-order valence-electron chi connectivity index (χ3n) is 6.06. The Morgan fingerprint density at radius 3 is 2.22 bits per heavy atom. The number of benzene rings is 4. The fourth-order valence-electron chi connectivity index (χ4n) is 4.12.